The fraction of sp³-hybridized carbons (Fsp3) is 0.333. The summed E-state index contributed by atoms with van der Waals surface area (Å²) < 4.78 is 0. The van der Waals surface area contributed by atoms with E-state index in [1.165, 1.54) is 17.2 Å². The number of hydrogen-bond acceptors (Lipinski definition) is 4. The molecule has 2 aromatic rings. The quantitative estimate of drug-likeness (QED) is 0.781. The van der Waals surface area contributed by atoms with Gasteiger partial charge in [-0.2, -0.15) is 0 Å². The minimum atomic E-state index is -1.13. The van der Waals surface area contributed by atoms with Crippen molar-refractivity contribution in [1.82, 2.24) is 9.88 Å². The fourth-order valence-corrected chi connectivity index (χ4v) is 3.38. The number of anilines is 2. The highest BCUT2D eigenvalue weighted by atomic mass is 16.4. The van der Waals surface area contributed by atoms with E-state index in [0.29, 0.717) is 17.9 Å². The summed E-state index contributed by atoms with van der Waals surface area (Å²) in [6.45, 7) is 6.28. The van der Waals surface area contributed by atoms with Crippen LogP contribution in [0.3, 0.4) is 0 Å². The molecule has 3 amide bonds. The molecule has 1 aliphatic heterocycles. The monoisotopic (exact) mass is 396 g/mol. The van der Waals surface area contributed by atoms with Crippen LogP contribution in [0.4, 0.5) is 16.2 Å². The van der Waals surface area contributed by atoms with Crippen LogP contribution >= 0.6 is 0 Å². The molecule has 3 rings (SSSR count). The summed E-state index contributed by atoms with van der Waals surface area (Å²) in [4.78, 5) is 43.5. The highest BCUT2D eigenvalue weighted by molar-refractivity contribution is 6.00. The van der Waals surface area contributed by atoms with Gasteiger partial charge in [0.05, 0.1) is 17.9 Å². The van der Waals surface area contributed by atoms with Crippen LogP contribution in [-0.2, 0) is 4.79 Å². The third kappa shape index (κ3) is 4.53. The summed E-state index contributed by atoms with van der Waals surface area (Å²) in [5.74, 6) is -1.25. The van der Waals surface area contributed by atoms with Gasteiger partial charge in [0, 0.05) is 12.2 Å². The number of urea groups is 1. The first-order chi connectivity index (χ1) is 13.8. The molecule has 0 radical (unpaired) electrons. The zero-order valence-corrected chi connectivity index (χ0v) is 16.6. The summed E-state index contributed by atoms with van der Waals surface area (Å²) in [5, 5.41) is 11.8. The molecule has 0 aliphatic carbocycles. The molecular formula is C21H24N4O4. The van der Waals surface area contributed by atoms with E-state index in [0.717, 1.165) is 5.56 Å². The fourth-order valence-electron chi connectivity index (χ4n) is 3.38. The van der Waals surface area contributed by atoms with Gasteiger partial charge in [-0.1, -0.05) is 26.0 Å². The second kappa shape index (κ2) is 8.30. The van der Waals surface area contributed by atoms with E-state index in [9.17, 15) is 14.4 Å². The van der Waals surface area contributed by atoms with E-state index < -0.39 is 5.97 Å². The molecule has 1 atom stereocenters. The average Bonchev–Trinajstić information content (AvgIpc) is 2.98. The molecule has 0 spiro atoms. The molecule has 0 saturated carbocycles. The maximum absolute atomic E-state index is 13.0. The number of rotatable bonds is 6. The number of carbonyl (C=O) groups excluding carboxylic acids is 2. The molecule has 8 heteroatoms. The number of aromatic nitrogens is 1. The first-order valence-corrected chi connectivity index (χ1v) is 9.40. The topological polar surface area (TPSA) is 103 Å². The lowest BCUT2D eigenvalue weighted by Gasteiger charge is -2.25. The minimum Gasteiger partial charge on any atom is -0.477 e. The van der Waals surface area contributed by atoms with Crippen molar-refractivity contribution in [1.29, 1.82) is 0 Å². The lowest BCUT2D eigenvalue weighted by molar-refractivity contribution is -0.117. The lowest BCUT2D eigenvalue weighted by atomic mass is 10.0. The third-order valence-electron chi connectivity index (χ3n) is 4.91. The van der Waals surface area contributed by atoms with E-state index in [1.54, 1.807) is 17.0 Å². The van der Waals surface area contributed by atoms with E-state index in [1.807, 2.05) is 39.0 Å². The molecule has 1 aromatic carbocycles. The van der Waals surface area contributed by atoms with Gasteiger partial charge >= 0.3 is 12.0 Å². The molecule has 2 heterocycles. The number of carboxylic acid groups (broad SMARTS) is 1. The summed E-state index contributed by atoms with van der Waals surface area (Å²) in [6.07, 6.45) is 1.37. The van der Waals surface area contributed by atoms with Gasteiger partial charge in [-0.15, -0.1) is 0 Å². The van der Waals surface area contributed by atoms with Crippen molar-refractivity contribution in [3.63, 3.8) is 0 Å². The number of benzene rings is 1. The molecule has 2 N–H and O–H groups in total. The second-order valence-electron chi connectivity index (χ2n) is 7.46. The van der Waals surface area contributed by atoms with Gasteiger partial charge in [0.25, 0.3) is 0 Å². The van der Waals surface area contributed by atoms with Gasteiger partial charge in [-0.05, 0) is 42.7 Å². The van der Waals surface area contributed by atoms with E-state index in [4.69, 9.17) is 5.11 Å². The normalized spacial score (nSPS) is 16.4. The summed E-state index contributed by atoms with van der Waals surface area (Å²) >= 11 is 0. The predicted molar refractivity (Wildman–Crippen MR) is 109 cm³/mol. The largest absolute Gasteiger partial charge is 0.477 e. The molecular weight excluding hydrogens is 372 g/mol. The summed E-state index contributed by atoms with van der Waals surface area (Å²) in [7, 11) is 0. The number of hydrogen-bond donors (Lipinski definition) is 2. The Balaban J connectivity index is 1.75. The van der Waals surface area contributed by atoms with Crippen LogP contribution in [-0.4, -0.2) is 52.0 Å². The predicted octanol–water partition coefficient (Wildman–Crippen LogP) is 2.99. The number of nitrogens with zero attached hydrogens (tertiary/aromatic N) is 3. The molecule has 1 aliphatic rings. The van der Waals surface area contributed by atoms with Gasteiger partial charge in [0.15, 0.2) is 0 Å². The van der Waals surface area contributed by atoms with Crippen molar-refractivity contribution >= 4 is 29.3 Å². The average molecular weight is 396 g/mol. The van der Waals surface area contributed by atoms with Crippen LogP contribution in [0.15, 0.2) is 42.6 Å². The van der Waals surface area contributed by atoms with E-state index in [2.05, 4.69) is 10.3 Å². The number of aromatic carboxylic acids is 1. The van der Waals surface area contributed by atoms with Crippen molar-refractivity contribution in [3.8, 4) is 0 Å². The molecule has 0 bridgehead atoms. The smallest absolute Gasteiger partial charge is 0.354 e. The zero-order chi connectivity index (χ0) is 21.1. The van der Waals surface area contributed by atoms with Crippen LogP contribution in [0.1, 0.15) is 29.9 Å². The van der Waals surface area contributed by atoms with Gasteiger partial charge in [0.1, 0.15) is 12.2 Å². The Kier molecular flexibility index (Phi) is 5.81. The minimum absolute atomic E-state index is 0.0627. The standard InChI is InChI=1S/C21H24N4O4/c1-13(2)18-11-24(16-7-8-17(20(27)28)22-10-16)21(29)25(18)12-19(26)23-15-6-4-5-14(3)9-15/h4-10,13,18H,11-12H2,1-3H3,(H,23,26)(H,27,28)/t18-/m1/s1. The maximum atomic E-state index is 13.0. The van der Waals surface area contributed by atoms with Gasteiger partial charge < -0.3 is 15.3 Å². The number of nitrogens with one attached hydrogen (secondary N) is 1. The molecule has 0 unspecified atom stereocenters. The van der Waals surface area contributed by atoms with Crippen LogP contribution in [0.25, 0.3) is 0 Å². The Bertz CT molecular complexity index is 927. The molecule has 1 fully saturated rings. The van der Waals surface area contributed by atoms with Gasteiger partial charge in [-0.3, -0.25) is 9.69 Å². The van der Waals surface area contributed by atoms with Crippen molar-refractivity contribution in [2.75, 3.05) is 23.3 Å². The number of amides is 3. The number of aryl methyl sites for hydroxylation is 1. The zero-order valence-electron chi connectivity index (χ0n) is 16.6. The molecule has 29 heavy (non-hydrogen) atoms. The van der Waals surface area contributed by atoms with Gasteiger partial charge in [0.2, 0.25) is 5.91 Å². The summed E-state index contributed by atoms with van der Waals surface area (Å²) in [6, 6.07) is 9.95. The van der Waals surface area contributed by atoms with Crippen LogP contribution < -0.4 is 10.2 Å². The Morgan fingerprint density at radius 1 is 1.28 bits per heavy atom. The first kappa shape index (κ1) is 20.3. The molecule has 1 aromatic heterocycles. The summed E-state index contributed by atoms with van der Waals surface area (Å²) in [5.41, 5.74) is 2.14. The first-order valence-electron chi connectivity index (χ1n) is 9.40. The number of carbonyl (C=O) groups is 3. The van der Waals surface area contributed by atoms with Crippen LogP contribution in [0.2, 0.25) is 0 Å². The SMILES string of the molecule is Cc1cccc(NC(=O)CN2C(=O)N(c3ccc(C(=O)O)nc3)C[C@@H]2C(C)C)c1. The Morgan fingerprint density at radius 3 is 2.62 bits per heavy atom. The third-order valence-corrected chi connectivity index (χ3v) is 4.91. The van der Waals surface area contributed by atoms with Crippen molar-refractivity contribution in [2.24, 2.45) is 5.92 Å². The lowest BCUT2D eigenvalue weighted by Crippen LogP contribution is -2.42. The molecule has 8 nitrogen and oxygen atoms in total. The number of carboxylic acids is 1. The Hall–Kier alpha value is -3.42. The van der Waals surface area contributed by atoms with Crippen LogP contribution in [0.5, 0.6) is 0 Å². The Morgan fingerprint density at radius 2 is 2.03 bits per heavy atom. The van der Waals surface area contributed by atoms with Crippen LogP contribution in [0, 0.1) is 12.8 Å². The van der Waals surface area contributed by atoms with E-state index in [-0.39, 0.29) is 36.1 Å². The van der Waals surface area contributed by atoms with Crippen molar-refractivity contribution in [2.45, 2.75) is 26.8 Å². The van der Waals surface area contributed by atoms with Gasteiger partial charge in [-0.25, -0.2) is 14.6 Å². The van der Waals surface area contributed by atoms with Crippen molar-refractivity contribution in [3.05, 3.63) is 53.9 Å². The highest BCUT2D eigenvalue weighted by Gasteiger charge is 2.40. The van der Waals surface area contributed by atoms with E-state index >= 15 is 0 Å². The molecule has 1 saturated heterocycles. The second-order valence-corrected chi connectivity index (χ2v) is 7.46. The highest BCUT2D eigenvalue weighted by Crippen LogP contribution is 2.27. The molecule has 152 valence electrons. The maximum Gasteiger partial charge on any atom is 0.354 e. The Labute approximate surface area is 169 Å². The van der Waals surface area contributed by atoms with Crippen molar-refractivity contribution < 1.29 is 19.5 Å². The number of pyridine rings is 1.